The van der Waals surface area contributed by atoms with Crippen LogP contribution < -0.4 is 5.32 Å². The van der Waals surface area contributed by atoms with Gasteiger partial charge in [0.15, 0.2) is 0 Å². The van der Waals surface area contributed by atoms with Gasteiger partial charge >= 0.3 is 12.1 Å². The van der Waals surface area contributed by atoms with Gasteiger partial charge < -0.3 is 15.2 Å². The number of ether oxygens (including phenoxy) is 1. The third-order valence-electron chi connectivity index (χ3n) is 1.65. The van der Waals surface area contributed by atoms with Gasteiger partial charge in [-0.15, -0.1) is 11.3 Å². The Labute approximate surface area is 103 Å². The highest BCUT2D eigenvalue weighted by molar-refractivity contribution is 7.14. The SMILES string of the molecule is O=C(COCC(F)(F)F)Nc1sccc1C(=O)O. The predicted octanol–water partition coefficient (Wildman–Crippen LogP) is 1.96. The number of carboxylic acids is 1. The number of rotatable bonds is 5. The first-order valence-electron chi connectivity index (χ1n) is 4.55. The minimum atomic E-state index is -4.50. The Morgan fingerprint density at radius 2 is 2.11 bits per heavy atom. The van der Waals surface area contributed by atoms with Crippen LogP contribution in [0.1, 0.15) is 10.4 Å². The van der Waals surface area contributed by atoms with Gasteiger partial charge in [0.05, 0.1) is 5.56 Å². The van der Waals surface area contributed by atoms with Crippen molar-refractivity contribution < 1.29 is 32.6 Å². The molecule has 100 valence electrons. The smallest absolute Gasteiger partial charge is 0.411 e. The lowest BCUT2D eigenvalue weighted by Gasteiger charge is -2.07. The van der Waals surface area contributed by atoms with Crippen LogP contribution >= 0.6 is 11.3 Å². The van der Waals surface area contributed by atoms with Crippen molar-refractivity contribution in [2.45, 2.75) is 6.18 Å². The lowest BCUT2D eigenvalue weighted by molar-refractivity contribution is -0.174. The Hall–Kier alpha value is -1.61. The molecular weight excluding hydrogens is 275 g/mol. The number of halogens is 3. The van der Waals surface area contributed by atoms with Crippen LogP contribution in [0.4, 0.5) is 18.2 Å². The van der Waals surface area contributed by atoms with Crippen molar-refractivity contribution in [2.24, 2.45) is 0 Å². The van der Waals surface area contributed by atoms with Gasteiger partial charge in [-0.05, 0) is 11.4 Å². The van der Waals surface area contributed by atoms with Gasteiger partial charge in [-0.25, -0.2) is 4.79 Å². The Morgan fingerprint density at radius 3 is 2.67 bits per heavy atom. The fourth-order valence-corrected chi connectivity index (χ4v) is 1.79. The number of aromatic carboxylic acids is 1. The van der Waals surface area contributed by atoms with E-state index in [1.807, 2.05) is 0 Å². The topological polar surface area (TPSA) is 75.6 Å². The molecule has 0 aliphatic heterocycles. The molecule has 5 nitrogen and oxygen atoms in total. The Balaban J connectivity index is 2.45. The molecule has 0 atom stereocenters. The summed E-state index contributed by atoms with van der Waals surface area (Å²) < 4.78 is 39.3. The second kappa shape index (κ2) is 5.83. The third kappa shape index (κ3) is 4.72. The van der Waals surface area contributed by atoms with Crippen LogP contribution in [0.3, 0.4) is 0 Å². The third-order valence-corrected chi connectivity index (χ3v) is 2.48. The highest BCUT2D eigenvalue weighted by Crippen LogP contribution is 2.23. The van der Waals surface area contributed by atoms with Crippen LogP contribution in [0.2, 0.25) is 0 Å². The molecule has 1 aromatic rings. The Kier molecular flexibility index (Phi) is 4.68. The zero-order valence-corrected chi connectivity index (χ0v) is 9.60. The molecule has 0 spiro atoms. The van der Waals surface area contributed by atoms with E-state index in [9.17, 15) is 22.8 Å². The maximum absolute atomic E-state index is 11.7. The summed E-state index contributed by atoms with van der Waals surface area (Å²) in [6.45, 7) is -2.33. The minimum absolute atomic E-state index is 0.0584. The number of hydrogen-bond donors (Lipinski definition) is 2. The van der Waals surface area contributed by atoms with E-state index in [0.717, 1.165) is 11.3 Å². The summed E-state index contributed by atoms with van der Waals surface area (Å²) >= 11 is 0.955. The van der Waals surface area contributed by atoms with E-state index in [2.05, 4.69) is 10.1 Å². The average molecular weight is 283 g/mol. The van der Waals surface area contributed by atoms with Crippen molar-refractivity contribution in [2.75, 3.05) is 18.5 Å². The highest BCUT2D eigenvalue weighted by Gasteiger charge is 2.27. The summed E-state index contributed by atoms with van der Waals surface area (Å²) in [7, 11) is 0. The van der Waals surface area contributed by atoms with E-state index in [-0.39, 0.29) is 10.6 Å². The fourth-order valence-electron chi connectivity index (χ4n) is 0.997. The molecular formula is C9H8F3NO4S. The fraction of sp³-hybridized carbons (Fsp3) is 0.333. The van der Waals surface area contributed by atoms with Crippen molar-refractivity contribution >= 4 is 28.2 Å². The average Bonchev–Trinajstić information content (AvgIpc) is 2.63. The maximum atomic E-state index is 11.7. The lowest BCUT2D eigenvalue weighted by atomic mass is 10.3. The number of thiophene rings is 1. The molecule has 2 N–H and O–H groups in total. The summed E-state index contributed by atoms with van der Waals surface area (Å²) in [6.07, 6.45) is -4.50. The maximum Gasteiger partial charge on any atom is 0.411 e. The van der Waals surface area contributed by atoms with Crippen molar-refractivity contribution in [1.82, 2.24) is 0 Å². The highest BCUT2D eigenvalue weighted by atomic mass is 32.1. The van der Waals surface area contributed by atoms with Crippen LogP contribution in [0.15, 0.2) is 11.4 Å². The van der Waals surface area contributed by atoms with Gasteiger partial charge in [-0.1, -0.05) is 0 Å². The van der Waals surface area contributed by atoms with Crippen LogP contribution in [0.5, 0.6) is 0 Å². The predicted molar refractivity (Wildman–Crippen MR) is 56.8 cm³/mol. The monoisotopic (exact) mass is 283 g/mol. The van der Waals surface area contributed by atoms with E-state index in [1.165, 1.54) is 11.4 Å². The number of amides is 1. The lowest BCUT2D eigenvalue weighted by Crippen LogP contribution is -2.24. The second-order valence-electron chi connectivity index (χ2n) is 3.12. The molecule has 18 heavy (non-hydrogen) atoms. The molecule has 9 heteroatoms. The standard InChI is InChI=1S/C9H8F3NO4S/c10-9(11,12)4-17-3-6(14)13-7-5(8(15)16)1-2-18-7/h1-2H,3-4H2,(H,13,14)(H,15,16). The molecule has 0 saturated carbocycles. The van der Waals surface area contributed by atoms with Gasteiger partial charge in [0.25, 0.3) is 5.91 Å². The van der Waals surface area contributed by atoms with Gasteiger partial charge in [0.1, 0.15) is 18.2 Å². The molecule has 1 amide bonds. The zero-order chi connectivity index (χ0) is 13.8. The zero-order valence-electron chi connectivity index (χ0n) is 8.78. The number of hydrogen-bond acceptors (Lipinski definition) is 4. The van der Waals surface area contributed by atoms with Crippen LogP contribution in [-0.4, -0.2) is 36.4 Å². The molecule has 0 fully saturated rings. The van der Waals surface area contributed by atoms with E-state index in [1.54, 1.807) is 0 Å². The van der Waals surface area contributed by atoms with E-state index >= 15 is 0 Å². The Morgan fingerprint density at radius 1 is 1.44 bits per heavy atom. The van der Waals surface area contributed by atoms with Gasteiger partial charge in [0, 0.05) is 0 Å². The van der Waals surface area contributed by atoms with Crippen LogP contribution in [0.25, 0.3) is 0 Å². The van der Waals surface area contributed by atoms with Crippen molar-refractivity contribution in [3.05, 3.63) is 17.0 Å². The molecule has 0 radical (unpaired) electrons. The molecule has 0 aliphatic rings. The number of nitrogens with one attached hydrogen (secondary N) is 1. The van der Waals surface area contributed by atoms with Gasteiger partial charge in [-0.2, -0.15) is 13.2 Å². The van der Waals surface area contributed by atoms with E-state index < -0.39 is 31.3 Å². The summed E-state index contributed by atoms with van der Waals surface area (Å²) in [6, 6.07) is 1.28. The minimum Gasteiger partial charge on any atom is -0.478 e. The molecule has 0 saturated heterocycles. The quantitative estimate of drug-likeness (QED) is 0.866. The Bertz CT molecular complexity index is 443. The molecule has 1 heterocycles. The van der Waals surface area contributed by atoms with Crippen molar-refractivity contribution in [3.8, 4) is 0 Å². The van der Waals surface area contributed by atoms with Gasteiger partial charge in [-0.3, -0.25) is 4.79 Å². The van der Waals surface area contributed by atoms with Crippen molar-refractivity contribution in [3.63, 3.8) is 0 Å². The number of carbonyl (C=O) groups excluding carboxylic acids is 1. The second-order valence-corrected chi connectivity index (χ2v) is 4.04. The van der Waals surface area contributed by atoms with Gasteiger partial charge in [0.2, 0.25) is 0 Å². The first kappa shape index (κ1) is 14.5. The van der Waals surface area contributed by atoms with Crippen LogP contribution in [-0.2, 0) is 9.53 Å². The number of carbonyl (C=O) groups is 2. The summed E-state index contributed by atoms with van der Waals surface area (Å²) in [4.78, 5) is 21.9. The number of alkyl halides is 3. The molecule has 0 aliphatic carbocycles. The molecule has 1 aromatic heterocycles. The first-order chi connectivity index (χ1) is 8.29. The largest absolute Gasteiger partial charge is 0.478 e. The number of anilines is 1. The molecule has 1 rings (SSSR count). The normalized spacial score (nSPS) is 11.3. The first-order valence-corrected chi connectivity index (χ1v) is 5.42. The summed E-state index contributed by atoms with van der Waals surface area (Å²) in [5, 5.41) is 12.4. The van der Waals surface area contributed by atoms with Crippen molar-refractivity contribution in [1.29, 1.82) is 0 Å². The van der Waals surface area contributed by atoms with Crippen LogP contribution in [0, 0.1) is 0 Å². The molecule has 0 unspecified atom stereocenters. The number of carboxylic acid groups (broad SMARTS) is 1. The molecule has 0 bridgehead atoms. The van der Waals surface area contributed by atoms with E-state index in [0.29, 0.717) is 0 Å². The summed E-state index contributed by atoms with van der Waals surface area (Å²) in [5.74, 6) is -2.08. The molecule has 0 aromatic carbocycles. The van der Waals surface area contributed by atoms with E-state index in [4.69, 9.17) is 5.11 Å². The summed E-state index contributed by atoms with van der Waals surface area (Å²) in [5.41, 5.74) is -0.121.